The van der Waals surface area contributed by atoms with Crippen LogP contribution in [0.1, 0.15) is 22.9 Å². The molecule has 2 aromatic rings. The van der Waals surface area contributed by atoms with E-state index in [2.05, 4.69) is 21.4 Å². The molecule has 37 heavy (non-hydrogen) atoms. The van der Waals surface area contributed by atoms with Crippen LogP contribution in [0.25, 0.3) is 0 Å². The SMILES string of the molecule is COC(=O)C[C@H](NC(=O)NCCOC(=O)N(Cc1cccs1)C[SH]1C=CC=C1)c1ccc2c(c1)OCO2. The van der Waals surface area contributed by atoms with Crippen LogP contribution in [0.15, 0.2) is 58.7 Å². The van der Waals surface area contributed by atoms with Gasteiger partial charge in [0.1, 0.15) is 6.61 Å². The highest BCUT2D eigenvalue weighted by Gasteiger charge is 2.23. The van der Waals surface area contributed by atoms with Gasteiger partial charge in [-0.1, -0.05) is 24.3 Å². The number of nitrogens with one attached hydrogen (secondary N) is 2. The molecular weight excluding hydrogens is 518 g/mol. The molecule has 3 amide bonds. The maximum absolute atomic E-state index is 12.8. The van der Waals surface area contributed by atoms with Gasteiger partial charge in [-0.3, -0.25) is 9.69 Å². The fourth-order valence-electron chi connectivity index (χ4n) is 3.66. The highest BCUT2D eigenvalue weighted by molar-refractivity contribution is 8.22. The first-order valence-corrected chi connectivity index (χ1v) is 14.1. The Hall–Kier alpha value is -3.64. The summed E-state index contributed by atoms with van der Waals surface area (Å²) in [6.07, 6.45) is 3.47. The third kappa shape index (κ3) is 7.67. The average molecular weight is 548 g/mol. The number of hydrogen-bond acceptors (Lipinski definition) is 8. The molecule has 0 spiro atoms. The van der Waals surface area contributed by atoms with Crippen LogP contribution in [0, 0.1) is 0 Å². The lowest BCUT2D eigenvalue weighted by Gasteiger charge is -2.25. The van der Waals surface area contributed by atoms with Gasteiger partial charge in [-0.15, -0.1) is 11.3 Å². The summed E-state index contributed by atoms with van der Waals surface area (Å²) in [6.45, 7) is 0.691. The second kappa shape index (κ2) is 13.1. The van der Waals surface area contributed by atoms with E-state index in [1.165, 1.54) is 7.11 Å². The fraction of sp³-hybridized carbons (Fsp3) is 0.320. The number of benzene rings is 1. The van der Waals surface area contributed by atoms with Crippen molar-refractivity contribution in [3.63, 3.8) is 0 Å². The molecule has 0 aliphatic carbocycles. The van der Waals surface area contributed by atoms with Gasteiger partial charge in [0.25, 0.3) is 0 Å². The summed E-state index contributed by atoms with van der Waals surface area (Å²) in [5, 5.41) is 11.6. The topological polar surface area (TPSA) is 115 Å². The van der Waals surface area contributed by atoms with Crippen LogP contribution < -0.4 is 20.1 Å². The van der Waals surface area contributed by atoms with Crippen molar-refractivity contribution in [1.29, 1.82) is 0 Å². The van der Waals surface area contributed by atoms with Crippen LogP contribution in [0.5, 0.6) is 11.5 Å². The van der Waals surface area contributed by atoms with E-state index < -0.39 is 35.0 Å². The molecule has 1 aromatic heterocycles. The van der Waals surface area contributed by atoms with Crippen molar-refractivity contribution in [1.82, 2.24) is 15.5 Å². The number of allylic oxidation sites excluding steroid dienone is 2. The van der Waals surface area contributed by atoms with E-state index in [1.54, 1.807) is 34.4 Å². The zero-order valence-corrected chi connectivity index (χ0v) is 22.0. The number of carbonyl (C=O) groups is 3. The summed E-state index contributed by atoms with van der Waals surface area (Å²) in [6, 6.07) is 7.96. The number of carbonyl (C=O) groups excluding carboxylic acids is 3. The lowest BCUT2D eigenvalue weighted by atomic mass is 10.0. The van der Waals surface area contributed by atoms with Crippen LogP contribution >= 0.6 is 22.2 Å². The fourth-order valence-corrected chi connectivity index (χ4v) is 5.92. The predicted molar refractivity (Wildman–Crippen MR) is 142 cm³/mol. The molecule has 198 valence electrons. The lowest BCUT2D eigenvalue weighted by Crippen LogP contribution is -2.41. The Morgan fingerprint density at radius 3 is 2.73 bits per heavy atom. The minimum Gasteiger partial charge on any atom is -0.469 e. The van der Waals surface area contributed by atoms with Gasteiger partial charge in [0.15, 0.2) is 11.5 Å². The van der Waals surface area contributed by atoms with Gasteiger partial charge in [-0.25, -0.2) is 9.59 Å². The van der Waals surface area contributed by atoms with Crippen molar-refractivity contribution >= 4 is 40.3 Å². The first-order valence-electron chi connectivity index (χ1n) is 11.6. The number of esters is 1. The van der Waals surface area contributed by atoms with E-state index in [0.29, 0.717) is 29.5 Å². The number of amides is 3. The van der Waals surface area contributed by atoms with Crippen LogP contribution in [0.2, 0.25) is 0 Å². The van der Waals surface area contributed by atoms with Crippen molar-refractivity contribution in [2.24, 2.45) is 0 Å². The smallest absolute Gasteiger partial charge is 0.410 e. The third-order valence-corrected chi connectivity index (χ3v) is 8.14. The average Bonchev–Trinajstić information content (AvgIpc) is 3.68. The molecule has 2 aliphatic rings. The largest absolute Gasteiger partial charge is 0.469 e. The Balaban J connectivity index is 1.27. The number of hydrogen-bond donors (Lipinski definition) is 3. The van der Waals surface area contributed by atoms with Gasteiger partial charge < -0.3 is 29.6 Å². The minimum absolute atomic E-state index is 0.00247. The number of ether oxygens (including phenoxy) is 4. The molecule has 12 heteroatoms. The van der Waals surface area contributed by atoms with E-state index in [0.717, 1.165) is 4.88 Å². The first-order chi connectivity index (χ1) is 18.0. The lowest BCUT2D eigenvalue weighted by molar-refractivity contribution is -0.141. The molecule has 1 aromatic carbocycles. The van der Waals surface area contributed by atoms with Gasteiger partial charge in [0.05, 0.1) is 38.5 Å². The van der Waals surface area contributed by atoms with Gasteiger partial charge in [0, 0.05) is 4.88 Å². The normalized spacial score (nSPS) is 14.8. The van der Waals surface area contributed by atoms with Gasteiger partial charge in [-0.05, 0) is 40.0 Å². The van der Waals surface area contributed by atoms with Crippen molar-refractivity contribution < 1.29 is 33.3 Å². The maximum Gasteiger partial charge on any atom is 0.410 e. The monoisotopic (exact) mass is 547 g/mol. The summed E-state index contributed by atoms with van der Waals surface area (Å²) >= 11 is 1.58. The Morgan fingerprint density at radius 1 is 1.16 bits per heavy atom. The molecule has 0 radical (unpaired) electrons. The Morgan fingerprint density at radius 2 is 1.97 bits per heavy atom. The van der Waals surface area contributed by atoms with Crippen LogP contribution in [0.4, 0.5) is 9.59 Å². The molecule has 0 bridgehead atoms. The Bertz CT molecular complexity index is 1140. The van der Waals surface area contributed by atoms with Crippen LogP contribution in [-0.2, 0) is 20.8 Å². The number of urea groups is 1. The number of methoxy groups -OCH3 is 1. The molecule has 0 unspecified atom stereocenters. The second-order valence-electron chi connectivity index (χ2n) is 8.08. The first kappa shape index (κ1) is 26.4. The summed E-state index contributed by atoms with van der Waals surface area (Å²) in [5.74, 6) is 1.23. The van der Waals surface area contributed by atoms with E-state index in [-0.39, 0.29) is 26.4 Å². The number of thiol groups is 1. The quantitative estimate of drug-likeness (QED) is 0.221. The molecule has 10 nitrogen and oxygen atoms in total. The molecular formula is C25H29N3O7S2. The molecule has 4 rings (SSSR count). The second-order valence-corrected chi connectivity index (χ2v) is 11.0. The third-order valence-electron chi connectivity index (χ3n) is 5.50. The van der Waals surface area contributed by atoms with Crippen LogP contribution in [0.3, 0.4) is 0 Å². The summed E-state index contributed by atoms with van der Waals surface area (Å²) in [7, 11) is 0.751. The maximum atomic E-state index is 12.8. The van der Waals surface area contributed by atoms with Crippen molar-refractivity contribution in [3.05, 3.63) is 69.1 Å². The Kier molecular flexibility index (Phi) is 9.33. The molecule has 2 aliphatic heterocycles. The molecule has 1 atom stereocenters. The molecule has 3 heterocycles. The summed E-state index contributed by atoms with van der Waals surface area (Å²) < 4.78 is 20.9. The van der Waals surface area contributed by atoms with Gasteiger partial charge in [-0.2, -0.15) is 10.9 Å². The minimum atomic E-state index is -0.652. The number of nitrogens with zero attached hydrogens (tertiary/aromatic N) is 1. The number of fused-ring (bicyclic) bond motifs is 1. The van der Waals surface area contributed by atoms with Gasteiger partial charge >= 0.3 is 18.1 Å². The van der Waals surface area contributed by atoms with Crippen molar-refractivity contribution in [3.8, 4) is 11.5 Å². The Labute approximate surface area is 221 Å². The molecule has 0 saturated carbocycles. The molecule has 0 fully saturated rings. The zero-order valence-electron chi connectivity index (χ0n) is 20.3. The van der Waals surface area contributed by atoms with E-state index in [1.807, 2.05) is 29.7 Å². The highest BCUT2D eigenvalue weighted by atomic mass is 32.2. The molecule has 2 N–H and O–H groups in total. The summed E-state index contributed by atoms with van der Waals surface area (Å²) in [4.78, 5) is 40.0. The standard InChI is InChI=1S/C25H29N3O7S2/c1-32-23(29)14-20(18-6-7-21-22(13-18)35-17-34-21)27-24(30)26-8-9-33-25(31)28(15-19-5-4-10-36-19)16-37-11-2-3-12-37/h2-7,10-13,20,37H,8-9,14-17H2,1H3,(H2,26,27,30)/t20-/m0/s1. The van der Waals surface area contributed by atoms with E-state index in [9.17, 15) is 14.4 Å². The van der Waals surface area contributed by atoms with Crippen molar-refractivity contribution in [2.45, 2.75) is 19.0 Å². The van der Waals surface area contributed by atoms with E-state index >= 15 is 0 Å². The highest BCUT2D eigenvalue weighted by Crippen LogP contribution is 2.35. The summed E-state index contributed by atoms with van der Waals surface area (Å²) in [5.41, 5.74) is 0.664. The number of thiophene rings is 1. The van der Waals surface area contributed by atoms with Crippen molar-refractivity contribution in [2.75, 3.05) is 32.9 Å². The van der Waals surface area contributed by atoms with Gasteiger partial charge in [0.2, 0.25) is 6.79 Å². The van der Waals surface area contributed by atoms with Crippen LogP contribution in [-0.4, -0.2) is 55.9 Å². The number of rotatable bonds is 11. The molecule has 0 saturated heterocycles. The predicted octanol–water partition coefficient (Wildman–Crippen LogP) is 4.02. The van der Waals surface area contributed by atoms with E-state index in [4.69, 9.17) is 18.9 Å². The zero-order chi connectivity index (χ0) is 26.0.